The van der Waals surface area contributed by atoms with E-state index in [2.05, 4.69) is 64.2 Å². The van der Waals surface area contributed by atoms with E-state index < -0.39 is 6.10 Å². The minimum absolute atomic E-state index is 0.288. The molecular weight excluding hydrogens is 386 g/mol. The van der Waals surface area contributed by atoms with Crippen molar-refractivity contribution in [1.82, 2.24) is 9.88 Å². The molecule has 0 amide bonds. The number of ether oxygens (including phenoxy) is 1. The SMILES string of the molecule is Cc1ccccc1N1CCN(CC(O)COc2cccc3[nH]c4ccccc4c23)CC1. The van der Waals surface area contributed by atoms with E-state index in [1.54, 1.807) is 0 Å². The molecule has 2 N–H and O–H groups in total. The van der Waals surface area contributed by atoms with Gasteiger partial charge in [-0.25, -0.2) is 0 Å². The van der Waals surface area contributed by atoms with Gasteiger partial charge in [0.05, 0.1) is 5.52 Å². The summed E-state index contributed by atoms with van der Waals surface area (Å²) in [6.45, 7) is 6.94. The third-order valence-corrected chi connectivity index (χ3v) is 6.22. The number of anilines is 1. The average molecular weight is 416 g/mol. The zero-order valence-corrected chi connectivity index (χ0v) is 17.9. The summed E-state index contributed by atoms with van der Waals surface area (Å²) in [7, 11) is 0. The number of aliphatic hydroxyl groups is 1. The molecule has 3 aromatic carbocycles. The lowest BCUT2D eigenvalue weighted by Crippen LogP contribution is -2.49. The predicted octanol–water partition coefficient (Wildman–Crippen LogP) is 4.19. The fraction of sp³-hybridized carbons (Fsp3) is 0.308. The number of hydrogen-bond acceptors (Lipinski definition) is 4. The Morgan fingerprint density at radius 2 is 1.65 bits per heavy atom. The summed E-state index contributed by atoms with van der Waals surface area (Å²) in [4.78, 5) is 8.20. The number of nitrogens with one attached hydrogen (secondary N) is 1. The second-order valence-electron chi connectivity index (χ2n) is 8.39. The molecule has 0 bridgehead atoms. The van der Waals surface area contributed by atoms with Crippen LogP contribution in [0.3, 0.4) is 0 Å². The fourth-order valence-electron chi connectivity index (χ4n) is 4.61. The molecule has 2 heterocycles. The third kappa shape index (κ3) is 4.11. The summed E-state index contributed by atoms with van der Waals surface area (Å²) in [5, 5.41) is 12.9. The van der Waals surface area contributed by atoms with E-state index >= 15 is 0 Å². The van der Waals surface area contributed by atoms with Gasteiger partial charge in [0, 0.05) is 54.7 Å². The van der Waals surface area contributed by atoms with E-state index in [1.165, 1.54) is 11.3 Å². The van der Waals surface area contributed by atoms with Crippen LogP contribution in [0.4, 0.5) is 5.69 Å². The first kappa shape index (κ1) is 19.9. The number of nitrogens with zero attached hydrogens (tertiary/aromatic N) is 2. The van der Waals surface area contributed by atoms with Crippen LogP contribution in [0.25, 0.3) is 21.8 Å². The molecular formula is C26H29N3O2. The first-order chi connectivity index (χ1) is 15.2. The summed E-state index contributed by atoms with van der Waals surface area (Å²) in [6.07, 6.45) is -0.523. The van der Waals surface area contributed by atoms with Crippen molar-refractivity contribution in [2.24, 2.45) is 0 Å². The minimum Gasteiger partial charge on any atom is -0.490 e. The van der Waals surface area contributed by atoms with Crippen LogP contribution >= 0.6 is 0 Å². The van der Waals surface area contributed by atoms with Crippen molar-refractivity contribution >= 4 is 27.5 Å². The Labute approximate surface area is 182 Å². The summed E-state index contributed by atoms with van der Waals surface area (Å²) in [5.41, 5.74) is 4.79. The Morgan fingerprint density at radius 3 is 2.48 bits per heavy atom. The second kappa shape index (κ2) is 8.61. The van der Waals surface area contributed by atoms with Crippen LogP contribution in [0.1, 0.15) is 5.56 Å². The molecule has 5 heteroatoms. The fourth-order valence-corrected chi connectivity index (χ4v) is 4.61. The van der Waals surface area contributed by atoms with Gasteiger partial charge in [0.2, 0.25) is 0 Å². The van der Waals surface area contributed by atoms with Crippen molar-refractivity contribution in [2.75, 3.05) is 44.2 Å². The van der Waals surface area contributed by atoms with E-state index in [-0.39, 0.29) is 6.61 Å². The molecule has 1 atom stereocenters. The molecule has 5 nitrogen and oxygen atoms in total. The Kier molecular flexibility index (Phi) is 5.53. The van der Waals surface area contributed by atoms with E-state index in [1.807, 2.05) is 24.3 Å². The number of benzene rings is 3. The molecule has 31 heavy (non-hydrogen) atoms. The Balaban J connectivity index is 1.19. The number of aromatic amines is 1. The van der Waals surface area contributed by atoms with Gasteiger partial charge in [0.15, 0.2) is 0 Å². The van der Waals surface area contributed by atoms with Crippen molar-refractivity contribution in [3.05, 3.63) is 72.3 Å². The number of β-amino-alcohol motifs (C(OH)–C–C–N with tert-alkyl or cyclic N) is 1. The lowest BCUT2D eigenvalue weighted by Gasteiger charge is -2.37. The van der Waals surface area contributed by atoms with Gasteiger partial charge in [-0.05, 0) is 36.8 Å². The molecule has 5 rings (SSSR count). The standard InChI is InChI=1S/C26H29N3O2/c1-19-7-2-5-11-24(19)29-15-13-28(14-16-29)17-20(30)18-31-25-12-6-10-23-26(25)21-8-3-4-9-22(21)27-23/h2-12,20,27,30H,13-18H2,1H3. The summed E-state index contributed by atoms with van der Waals surface area (Å²) in [5.74, 6) is 0.818. The van der Waals surface area contributed by atoms with Crippen LogP contribution in [0, 0.1) is 6.92 Å². The van der Waals surface area contributed by atoms with Gasteiger partial charge in [0.1, 0.15) is 18.5 Å². The zero-order valence-electron chi connectivity index (χ0n) is 17.9. The number of rotatable bonds is 6. The highest BCUT2D eigenvalue weighted by molar-refractivity contribution is 6.10. The van der Waals surface area contributed by atoms with Crippen LogP contribution < -0.4 is 9.64 Å². The maximum absolute atomic E-state index is 10.6. The molecule has 4 aromatic rings. The van der Waals surface area contributed by atoms with E-state index in [9.17, 15) is 5.11 Å². The Hall–Kier alpha value is -3.02. The first-order valence-electron chi connectivity index (χ1n) is 11.0. The smallest absolute Gasteiger partial charge is 0.129 e. The van der Waals surface area contributed by atoms with Crippen LogP contribution in [-0.2, 0) is 0 Å². The molecule has 0 spiro atoms. The number of H-pyrrole nitrogens is 1. The lowest BCUT2D eigenvalue weighted by atomic mass is 10.1. The first-order valence-corrected chi connectivity index (χ1v) is 11.0. The van der Waals surface area contributed by atoms with E-state index in [4.69, 9.17) is 4.74 Å². The molecule has 160 valence electrons. The number of aryl methyl sites for hydroxylation is 1. The van der Waals surface area contributed by atoms with Gasteiger partial charge in [0.25, 0.3) is 0 Å². The molecule has 1 fully saturated rings. The molecule has 1 aliphatic rings. The summed E-state index contributed by atoms with van der Waals surface area (Å²) < 4.78 is 6.09. The van der Waals surface area contributed by atoms with Gasteiger partial charge < -0.3 is 19.7 Å². The van der Waals surface area contributed by atoms with Crippen molar-refractivity contribution in [3.8, 4) is 5.75 Å². The topological polar surface area (TPSA) is 51.7 Å². The van der Waals surface area contributed by atoms with Gasteiger partial charge in [-0.1, -0.05) is 42.5 Å². The molecule has 1 aromatic heterocycles. The largest absolute Gasteiger partial charge is 0.490 e. The van der Waals surface area contributed by atoms with Crippen LogP contribution in [0.15, 0.2) is 66.7 Å². The quantitative estimate of drug-likeness (QED) is 0.496. The van der Waals surface area contributed by atoms with Gasteiger partial charge >= 0.3 is 0 Å². The van der Waals surface area contributed by atoms with Gasteiger partial charge in [-0.3, -0.25) is 4.90 Å². The number of para-hydroxylation sites is 2. The summed E-state index contributed by atoms with van der Waals surface area (Å²) in [6, 6.07) is 22.8. The zero-order chi connectivity index (χ0) is 21.2. The van der Waals surface area contributed by atoms with Gasteiger partial charge in [-0.2, -0.15) is 0 Å². The maximum Gasteiger partial charge on any atom is 0.129 e. The average Bonchev–Trinajstić information content (AvgIpc) is 3.18. The number of hydrogen-bond donors (Lipinski definition) is 2. The highest BCUT2D eigenvalue weighted by Crippen LogP contribution is 2.33. The van der Waals surface area contributed by atoms with E-state index in [0.29, 0.717) is 6.54 Å². The van der Waals surface area contributed by atoms with Crippen LogP contribution in [0.2, 0.25) is 0 Å². The molecule has 1 saturated heterocycles. The normalized spacial score (nSPS) is 16.1. The van der Waals surface area contributed by atoms with Crippen molar-refractivity contribution in [1.29, 1.82) is 0 Å². The van der Waals surface area contributed by atoms with Crippen molar-refractivity contribution < 1.29 is 9.84 Å². The van der Waals surface area contributed by atoms with Crippen LogP contribution in [-0.4, -0.2) is 60.4 Å². The number of aliphatic hydroxyl groups excluding tert-OH is 1. The molecule has 0 aliphatic carbocycles. The maximum atomic E-state index is 10.6. The van der Waals surface area contributed by atoms with Crippen molar-refractivity contribution in [3.63, 3.8) is 0 Å². The molecule has 1 unspecified atom stereocenters. The Bertz CT molecular complexity index is 1180. The lowest BCUT2D eigenvalue weighted by molar-refractivity contribution is 0.0668. The number of fused-ring (bicyclic) bond motifs is 3. The highest BCUT2D eigenvalue weighted by atomic mass is 16.5. The second-order valence-corrected chi connectivity index (χ2v) is 8.39. The predicted molar refractivity (Wildman–Crippen MR) is 127 cm³/mol. The molecule has 0 radical (unpaired) electrons. The third-order valence-electron chi connectivity index (χ3n) is 6.22. The molecule has 0 saturated carbocycles. The number of aromatic nitrogens is 1. The Morgan fingerprint density at radius 1 is 0.903 bits per heavy atom. The molecule has 1 aliphatic heterocycles. The number of piperazine rings is 1. The van der Waals surface area contributed by atoms with E-state index in [0.717, 1.165) is 53.7 Å². The van der Waals surface area contributed by atoms with Gasteiger partial charge in [-0.15, -0.1) is 0 Å². The highest BCUT2D eigenvalue weighted by Gasteiger charge is 2.21. The minimum atomic E-state index is -0.523. The monoisotopic (exact) mass is 415 g/mol. The summed E-state index contributed by atoms with van der Waals surface area (Å²) >= 11 is 0. The van der Waals surface area contributed by atoms with Crippen LogP contribution in [0.5, 0.6) is 5.75 Å². The van der Waals surface area contributed by atoms with Crippen molar-refractivity contribution in [2.45, 2.75) is 13.0 Å².